The Bertz CT molecular complexity index is 1190. The molecule has 2 heterocycles. The number of carbonyl (C=O) groups excluding carboxylic acids is 1. The van der Waals surface area contributed by atoms with Crippen LogP contribution in [0.25, 0.3) is 21.8 Å². The van der Waals surface area contributed by atoms with Gasteiger partial charge in [-0.25, -0.2) is 24.1 Å². The van der Waals surface area contributed by atoms with Crippen molar-refractivity contribution >= 4 is 39.3 Å². The molecule has 0 saturated heterocycles. The Kier molecular flexibility index (Phi) is 4.12. The molecule has 0 amide bonds. The summed E-state index contributed by atoms with van der Waals surface area (Å²) in [5, 5.41) is 4.80. The van der Waals surface area contributed by atoms with E-state index < -0.39 is 5.97 Å². The normalized spacial score (nSPS) is 10.9. The summed E-state index contributed by atoms with van der Waals surface area (Å²) in [7, 11) is 1.33. The van der Waals surface area contributed by atoms with E-state index in [2.05, 4.69) is 20.3 Å². The predicted octanol–water partition coefficient (Wildman–Crippen LogP) is 4.16. The standard InChI is InChI=1S/C20H15FN4O2/c1-11-7-13(4-6-16(11)21)24-19-18-15(9-22-10-23-18)14-5-3-12(20(26)27-2)8-17(14)25-19/h3-10H,1-2H3,(H,24,25). The maximum Gasteiger partial charge on any atom is 0.337 e. The number of nitrogens with zero attached hydrogens (tertiary/aromatic N) is 3. The Balaban J connectivity index is 1.91. The number of aromatic nitrogens is 3. The SMILES string of the molecule is COC(=O)c1ccc2c(c1)nc(Nc1ccc(F)c(C)c1)c1ncncc12. The Morgan fingerprint density at radius 2 is 2.00 bits per heavy atom. The molecule has 0 unspecified atom stereocenters. The second-order valence-electron chi connectivity index (χ2n) is 6.06. The molecule has 0 radical (unpaired) electrons. The maximum absolute atomic E-state index is 13.5. The number of esters is 1. The third-order valence-electron chi connectivity index (χ3n) is 4.30. The van der Waals surface area contributed by atoms with Crippen LogP contribution < -0.4 is 5.32 Å². The van der Waals surface area contributed by atoms with Crippen LogP contribution in [0.15, 0.2) is 48.9 Å². The summed E-state index contributed by atoms with van der Waals surface area (Å²) >= 11 is 0. The smallest absolute Gasteiger partial charge is 0.337 e. The van der Waals surface area contributed by atoms with Gasteiger partial charge < -0.3 is 10.1 Å². The minimum atomic E-state index is -0.438. The fourth-order valence-corrected chi connectivity index (χ4v) is 2.93. The zero-order valence-electron chi connectivity index (χ0n) is 14.7. The first-order valence-corrected chi connectivity index (χ1v) is 8.22. The summed E-state index contributed by atoms with van der Waals surface area (Å²) in [5.74, 6) is -0.221. The van der Waals surface area contributed by atoms with Crippen LogP contribution in [0.3, 0.4) is 0 Å². The van der Waals surface area contributed by atoms with Gasteiger partial charge in [-0.2, -0.15) is 0 Å². The molecule has 4 aromatic rings. The van der Waals surface area contributed by atoms with Crippen LogP contribution in [0.4, 0.5) is 15.9 Å². The van der Waals surface area contributed by atoms with Crippen LogP contribution in [-0.2, 0) is 4.74 Å². The van der Waals surface area contributed by atoms with Crippen molar-refractivity contribution in [1.82, 2.24) is 15.0 Å². The molecule has 0 saturated carbocycles. The molecule has 0 aliphatic rings. The average Bonchev–Trinajstić information content (AvgIpc) is 2.70. The topological polar surface area (TPSA) is 77.0 Å². The highest BCUT2D eigenvalue weighted by Gasteiger charge is 2.13. The van der Waals surface area contributed by atoms with Crippen molar-refractivity contribution in [2.45, 2.75) is 6.92 Å². The maximum atomic E-state index is 13.5. The molecule has 0 bridgehead atoms. The fraction of sp³-hybridized carbons (Fsp3) is 0.100. The first-order valence-electron chi connectivity index (χ1n) is 8.22. The summed E-state index contributed by atoms with van der Waals surface area (Å²) in [6.45, 7) is 1.69. The van der Waals surface area contributed by atoms with Crippen LogP contribution >= 0.6 is 0 Å². The number of aryl methyl sites for hydroxylation is 1. The van der Waals surface area contributed by atoms with Gasteiger partial charge in [0.2, 0.25) is 0 Å². The largest absolute Gasteiger partial charge is 0.465 e. The molecule has 6 nitrogen and oxygen atoms in total. The molecular weight excluding hydrogens is 347 g/mol. The van der Waals surface area contributed by atoms with E-state index in [4.69, 9.17) is 4.74 Å². The lowest BCUT2D eigenvalue weighted by molar-refractivity contribution is 0.0601. The number of hydrogen-bond acceptors (Lipinski definition) is 6. The molecule has 2 aromatic heterocycles. The number of rotatable bonds is 3. The number of pyridine rings is 1. The molecule has 7 heteroatoms. The van der Waals surface area contributed by atoms with E-state index in [1.165, 1.54) is 19.5 Å². The molecule has 1 N–H and O–H groups in total. The number of carbonyl (C=O) groups is 1. The monoisotopic (exact) mass is 362 g/mol. The summed E-state index contributed by atoms with van der Waals surface area (Å²) in [6.07, 6.45) is 3.14. The Morgan fingerprint density at radius 3 is 2.78 bits per heavy atom. The number of halogens is 1. The van der Waals surface area contributed by atoms with Gasteiger partial charge in [0, 0.05) is 22.7 Å². The highest BCUT2D eigenvalue weighted by Crippen LogP contribution is 2.30. The van der Waals surface area contributed by atoms with Crippen LogP contribution in [0.2, 0.25) is 0 Å². The zero-order chi connectivity index (χ0) is 19.0. The zero-order valence-corrected chi connectivity index (χ0v) is 14.7. The molecule has 134 valence electrons. The number of benzene rings is 2. The van der Waals surface area contributed by atoms with Gasteiger partial charge in [0.1, 0.15) is 17.7 Å². The van der Waals surface area contributed by atoms with Gasteiger partial charge in [-0.3, -0.25) is 0 Å². The lowest BCUT2D eigenvalue weighted by Crippen LogP contribution is -2.02. The number of hydrogen-bond donors (Lipinski definition) is 1. The predicted molar refractivity (Wildman–Crippen MR) is 101 cm³/mol. The van der Waals surface area contributed by atoms with E-state index in [-0.39, 0.29) is 5.82 Å². The van der Waals surface area contributed by atoms with E-state index in [1.807, 2.05) is 0 Å². The van der Waals surface area contributed by atoms with Gasteiger partial charge >= 0.3 is 5.97 Å². The fourth-order valence-electron chi connectivity index (χ4n) is 2.93. The van der Waals surface area contributed by atoms with Crippen molar-refractivity contribution in [2.75, 3.05) is 12.4 Å². The van der Waals surface area contributed by atoms with Crippen LogP contribution in [0.5, 0.6) is 0 Å². The highest BCUT2D eigenvalue weighted by molar-refractivity contribution is 6.09. The number of ether oxygens (including phenoxy) is 1. The van der Waals surface area contributed by atoms with Crippen molar-refractivity contribution in [3.05, 3.63) is 65.9 Å². The highest BCUT2D eigenvalue weighted by atomic mass is 19.1. The Labute approximate surface area is 154 Å². The van der Waals surface area contributed by atoms with Crippen molar-refractivity contribution in [3.8, 4) is 0 Å². The van der Waals surface area contributed by atoms with Crippen LogP contribution in [0, 0.1) is 12.7 Å². The van der Waals surface area contributed by atoms with E-state index in [1.54, 1.807) is 43.5 Å². The molecule has 4 rings (SSSR count). The Hall–Kier alpha value is -3.61. The quantitative estimate of drug-likeness (QED) is 0.436. The number of fused-ring (bicyclic) bond motifs is 3. The minimum absolute atomic E-state index is 0.276. The molecule has 27 heavy (non-hydrogen) atoms. The molecule has 0 atom stereocenters. The van der Waals surface area contributed by atoms with Crippen LogP contribution in [0.1, 0.15) is 15.9 Å². The Morgan fingerprint density at radius 1 is 1.15 bits per heavy atom. The molecule has 0 spiro atoms. The van der Waals surface area contributed by atoms with Gasteiger partial charge in [0.05, 0.1) is 18.2 Å². The molecule has 0 aliphatic heterocycles. The van der Waals surface area contributed by atoms with Gasteiger partial charge in [0.25, 0.3) is 0 Å². The first-order chi connectivity index (χ1) is 13.1. The van der Waals surface area contributed by atoms with E-state index in [0.717, 1.165) is 10.8 Å². The number of anilines is 2. The third-order valence-corrected chi connectivity index (χ3v) is 4.30. The summed E-state index contributed by atoms with van der Waals surface area (Å²) < 4.78 is 18.3. The van der Waals surface area contributed by atoms with Gasteiger partial charge in [-0.05, 0) is 42.8 Å². The summed E-state index contributed by atoms with van der Waals surface area (Å²) in [4.78, 5) is 24.9. The van der Waals surface area contributed by atoms with Crippen molar-refractivity contribution in [1.29, 1.82) is 0 Å². The molecule has 2 aromatic carbocycles. The lowest BCUT2D eigenvalue weighted by atomic mass is 10.1. The summed E-state index contributed by atoms with van der Waals surface area (Å²) in [6, 6.07) is 9.86. The minimum Gasteiger partial charge on any atom is -0.465 e. The second-order valence-corrected chi connectivity index (χ2v) is 6.06. The molecule has 0 fully saturated rings. The molecule has 0 aliphatic carbocycles. The second kappa shape index (κ2) is 6.60. The number of nitrogens with one attached hydrogen (secondary N) is 1. The van der Waals surface area contributed by atoms with Crippen molar-refractivity contribution < 1.29 is 13.9 Å². The molecular formula is C20H15FN4O2. The third kappa shape index (κ3) is 3.03. The van der Waals surface area contributed by atoms with E-state index in [9.17, 15) is 9.18 Å². The lowest BCUT2D eigenvalue weighted by Gasteiger charge is -2.12. The van der Waals surface area contributed by atoms with Gasteiger partial charge in [0.15, 0.2) is 5.82 Å². The van der Waals surface area contributed by atoms with Gasteiger partial charge in [-0.1, -0.05) is 6.07 Å². The van der Waals surface area contributed by atoms with Crippen molar-refractivity contribution in [2.24, 2.45) is 0 Å². The first kappa shape index (κ1) is 16.8. The average molecular weight is 362 g/mol. The summed E-state index contributed by atoms with van der Waals surface area (Å²) in [5.41, 5.74) is 2.83. The van der Waals surface area contributed by atoms with Crippen molar-refractivity contribution in [3.63, 3.8) is 0 Å². The van der Waals surface area contributed by atoms with E-state index in [0.29, 0.717) is 33.7 Å². The van der Waals surface area contributed by atoms with Gasteiger partial charge in [-0.15, -0.1) is 0 Å². The van der Waals surface area contributed by atoms with E-state index >= 15 is 0 Å². The number of methoxy groups -OCH3 is 1. The van der Waals surface area contributed by atoms with Crippen LogP contribution in [-0.4, -0.2) is 28.0 Å².